The third kappa shape index (κ3) is 3.91. The van der Waals surface area contributed by atoms with Gasteiger partial charge >= 0.3 is 0 Å². The van der Waals surface area contributed by atoms with Crippen molar-refractivity contribution in [1.82, 2.24) is 30.0 Å². The van der Waals surface area contributed by atoms with Crippen LogP contribution in [0.4, 0.5) is 11.6 Å². The maximum atomic E-state index is 5.43. The summed E-state index contributed by atoms with van der Waals surface area (Å²) < 4.78 is 8.29. The van der Waals surface area contributed by atoms with Gasteiger partial charge < -0.3 is 15.4 Å². The Bertz CT molecular complexity index is 1180. The van der Waals surface area contributed by atoms with E-state index in [1.165, 1.54) is 0 Å². The molecule has 0 amide bonds. The van der Waals surface area contributed by atoms with E-state index in [1.807, 2.05) is 36.0 Å². The van der Waals surface area contributed by atoms with Crippen LogP contribution in [0.25, 0.3) is 15.3 Å². The van der Waals surface area contributed by atoms with Gasteiger partial charge in [-0.1, -0.05) is 17.4 Å². The highest BCUT2D eigenvalue weighted by atomic mass is 32.1. The Kier molecular flexibility index (Phi) is 5.16. The van der Waals surface area contributed by atoms with E-state index in [-0.39, 0.29) is 0 Å². The molecule has 1 unspecified atom stereocenters. The first-order valence-electron chi connectivity index (χ1n) is 9.98. The first kappa shape index (κ1) is 19.1. The molecule has 0 saturated carbocycles. The van der Waals surface area contributed by atoms with E-state index < -0.39 is 0 Å². The minimum atomic E-state index is 0.407. The molecule has 9 heteroatoms. The molecular weight excluding hydrogens is 398 g/mol. The number of pyridine rings is 2. The number of nitrogens with one attached hydrogen (secondary N) is 2. The number of rotatable bonds is 6. The molecule has 0 radical (unpaired) electrons. The fourth-order valence-corrected chi connectivity index (χ4v) is 4.37. The molecule has 0 aromatic carbocycles. The van der Waals surface area contributed by atoms with Crippen LogP contribution >= 0.6 is 11.3 Å². The molecule has 154 valence electrons. The van der Waals surface area contributed by atoms with E-state index in [4.69, 9.17) is 14.7 Å². The summed E-state index contributed by atoms with van der Waals surface area (Å²) in [5.74, 6) is 1.49. The molecule has 1 saturated heterocycles. The number of thiazole rings is 1. The summed E-state index contributed by atoms with van der Waals surface area (Å²) in [6.07, 6.45) is 4.67. The maximum absolute atomic E-state index is 5.43. The van der Waals surface area contributed by atoms with Crippen LogP contribution in [-0.2, 0) is 11.3 Å². The van der Waals surface area contributed by atoms with Crippen LogP contribution in [0.1, 0.15) is 23.4 Å². The molecule has 1 aliphatic heterocycles. The van der Waals surface area contributed by atoms with Gasteiger partial charge in [-0.2, -0.15) is 5.10 Å². The number of ether oxygens (including phenoxy) is 1. The summed E-state index contributed by atoms with van der Waals surface area (Å²) in [6, 6.07) is 8.38. The molecule has 0 bridgehead atoms. The summed E-state index contributed by atoms with van der Waals surface area (Å²) in [6.45, 7) is 6.42. The highest BCUT2D eigenvalue weighted by Gasteiger charge is 2.15. The highest BCUT2D eigenvalue weighted by molar-refractivity contribution is 7.20. The zero-order valence-electron chi connectivity index (χ0n) is 16.9. The zero-order valence-corrected chi connectivity index (χ0v) is 17.7. The fourth-order valence-electron chi connectivity index (χ4n) is 3.44. The van der Waals surface area contributed by atoms with Crippen molar-refractivity contribution in [2.45, 2.75) is 32.9 Å². The predicted molar refractivity (Wildman–Crippen MR) is 118 cm³/mol. The van der Waals surface area contributed by atoms with Gasteiger partial charge in [-0.25, -0.2) is 19.6 Å². The average molecular weight is 422 g/mol. The third-order valence-corrected chi connectivity index (χ3v) is 6.20. The first-order valence-corrected chi connectivity index (χ1v) is 10.8. The Morgan fingerprint density at radius 2 is 2.13 bits per heavy atom. The molecule has 5 heterocycles. The van der Waals surface area contributed by atoms with Crippen molar-refractivity contribution in [2.24, 2.45) is 0 Å². The zero-order chi connectivity index (χ0) is 20.5. The second kappa shape index (κ2) is 8.10. The van der Waals surface area contributed by atoms with E-state index >= 15 is 0 Å². The quantitative estimate of drug-likeness (QED) is 0.492. The molecule has 30 heavy (non-hydrogen) atoms. The largest absolute Gasteiger partial charge is 0.380 e. The number of nitrogens with zero attached hydrogens (tertiary/aromatic N) is 5. The summed E-state index contributed by atoms with van der Waals surface area (Å²) in [7, 11) is 0. The molecule has 4 aromatic heterocycles. The lowest BCUT2D eigenvalue weighted by atomic mass is 10.2. The second-order valence-electron chi connectivity index (χ2n) is 7.44. The Labute approximate surface area is 178 Å². The molecule has 0 aliphatic carbocycles. The van der Waals surface area contributed by atoms with Crippen molar-refractivity contribution in [3.05, 3.63) is 53.6 Å². The van der Waals surface area contributed by atoms with Gasteiger partial charge in [-0.15, -0.1) is 0 Å². The number of aromatic nitrogens is 5. The molecule has 2 N–H and O–H groups in total. The van der Waals surface area contributed by atoms with Gasteiger partial charge in [0.2, 0.25) is 5.13 Å². The molecule has 1 fully saturated rings. The van der Waals surface area contributed by atoms with Crippen molar-refractivity contribution < 1.29 is 4.74 Å². The minimum Gasteiger partial charge on any atom is -0.380 e. The van der Waals surface area contributed by atoms with Crippen LogP contribution in [0.2, 0.25) is 0 Å². The summed E-state index contributed by atoms with van der Waals surface area (Å²) in [4.78, 5) is 14.0. The number of fused-ring (bicyclic) bond motifs is 1. The van der Waals surface area contributed by atoms with Crippen molar-refractivity contribution in [3.63, 3.8) is 0 Å². The van der Waals surface area contributed by atoms with Crippen LogP contribution in [0.5, 0.6) is 0 Å². The first-order chi connectivity index (χ1) is 14.7. The van der Waals surface area contributed by atoms with E-state index in [2.05, 4.69) is 33.7 Å². The summed E-state index contributed by atoms with van der Waals surface area (Å²) in [5.41, 5.74) is 4.12. The van der Waals surface area contributed by atoms with Gasteiger partial charge in [0, 0.05) is 43.3 Å². The smallest absolute Gasteiger partial charge is 0.211 e. The van der Waals surface area contributed by atoms with E-state index in [0.717, 1.165) is 70.1 Å². The number of hydrogen-bond acceptors (Lipinski definition) is 8. The molecule has 0 spiro atoms. The summed E-state index contributed by atoms with van der Waals surface area (Å²) in [5, 5.41) is 12.0. The fraction of sp³-hybridized carbons (Fsp3) is 0.333. The lowest BCUT2D eigenvalue weighted by Crippen LogP contribution is -2.29. The molecule has 1 atom stereocenters. The molecular formula is C21H23N7OS. The molecule has 5 rings (SSSR count). The van der Waals surface area contributed by atoms with Gasteiger partial charge in [0.15, 0.2) is 0 Å². The SMILES string of the molecule is Cc1ccc(Nc2cc3nc(-n4nccc4C)sc3cn2)nc1CNC1CCOC1. The Hall–Kier alpha value is -2.88. The lowest BCUT2D eigenvalue weighted by Gasteiger charge is -2.13. The number of aryl methyl sites for hydroxylation is 2. The van der Waals surface area contributed by atoms with Gasteiger partial charge in [0.25, 0.3) is 0 Å². The predicted octanol–water partition coefficient (Wildman–Crippen LogP) is 3.51. The standard InChI is InChI=1S/C21H23N7OS/c1-13-3-4-19(25-17(13)10-22-15-6-8-29-12-15)27-20-9-16-18(11-23-20)30-21(26-16)28-14(2)5-7-24-28/h3-5,7,9,11,15,22H,6,8,10,12H2,1-2H3,(H,23,25,27). The van der Waals surface area contributed by atoms with Crippen molar-refractivity contribution in [3.8, 4) is 5.13 Å². The van der Waals surface area contributed by atoms with Crippen LogP contribution in [0.15, 0.2) is 36.7 Å². The molecule has 4 aromatic rings. The molecule has 1 aliphatic rings. The van der Waals surface area contributed by atoms with Gasteiger partial charge in [0.05, 0.1) is 22.5 Å². The van der Waals surface area contributed by atoms with E-state index in [0.29, 0.717) is 6.04 Å². The van der Waals surface area contributed by atoms with Crippen LogP contribution in [0.3, 0.4) is 0 Å². The van der Waals surface area contributed by atoms with Gasteiger partial charge in [-0.3, -0.25) is 0 Å². The second-order valence-corrected chi connectivity index (χ2v) is 8.45. The summed E-state index contributed by atoms with van der Waals surface area (Å²) >= 11 is 1.57. The van der Waals surface area contributed by atoms with E-state index in [9.17, 15) is 0 Å². The van der Waals surface area contributed by atoms with Gasteiger partial charge in [-0.05, 0) is 38.0 Å². The monoisotopic (exact) mass is 421 g/mol. The maximum Gasteiger partial charge on any atom is 0.211 e. The number of anilines is 2. The minimum absolute atomic E-state index is 0.407. The Morgan fingerprint density at radius 3 is 2.93 bits per heavy atom. The topological polar surface area (TPSA) is 89.8 Å². The normalized spacial score (nSPS) is 16.4. The van der Waals surface area contributed by atoms with E-state index in [1.54, 1.807) is 17.5 Å². The lowest BCUT2D eigenvalue weighted by molar-refractivity contribution is 0.189. The molecule has 8 nitrogen and oxygen atoms in total. The van der Waals surface area contributed by atoms with Crippen molar-refractivity contribution >= 4 is 33.2 Å². The third-order valence-electron chi connectivity index (χ3n) is 5.22. The van der Waals surface area contributed by atoms with Crippen LogP contribution in [0, 0.1) is 13.8 Å². The van der Waals surface area contributed by atoms with Crippen LogP contribution < -0.4 is 10.6 Å². The van der Waals surface area contributed by atoms with Crippen LogP contribution in [-0.4, -0.2) is 44.0 Å². The number of hydrogen-bond donors (Lipinski definition) is 2. The Balaban J connectivity index is 1.34. The average Bonchev–Trinajstić information content (AvgIpc) is 3.48. The van der Waals surface area contributed by atoms with Gasteiger partial charge in [0.1, 0.15) is 11.6 Å². The Morgan fingerprint density at radius 1 is 1.20 bits per heavy atom. The van der Waals surface area contributed by atoms with Crippen molar-refractivity contribution in [2.75, 3.05) is 18.5 Å². The van der Waals surface area contributed by atoms with Crippen molar-refractivity contribution in [1.29, 1.82) is 0 Å². The highest BCUT2D eigenvalue weighted by Crippen LogP contribution is 2.27.